The zero-order valence-corrected chi connectivity index (χ0v) is 11.3. The van der Waals surface area contributed by atoms with Crippen LogP contribution < -0.4 is 11.0 Å². The Balaban J connectivity index is 1.70. The number of nitrogens with one attached hydrogen (secondary N) is 2. The molecule has 6 heteroatoms. The lowest BCUT2D eigenvalue weighted by atomic mass is 10.2. The number of H-pyrrole nitrogens is 1. The van der Waals surface area contributed by atoms with E-state index >= 15 is 0 Å². The summed E-state index contributed by atoms with van der Waals surface area (Å²) in [4.78, 5) is 28.4. The largest absolute Gasteiger partial charge is 0.461 e. The predicted octanol–water partition coefficient (Wildman–Crippen LogP) is 1.44. The van der Waals surface area contributed by atoms with Crippen LogP contribution in [0.15, 0.2) is 53.5 Å². The van der Waals surface area contributed by atoms with Crippen LogP contribution in [0.5, 0.6) is 0 Å². The Morgan fingerprint density at radius 3 is 2.86 bits per heavy atom. The van der Waals surface area contributed by atoms with E-state index in [4.69, 9.17) is 4.74 Å². The highest BCUT2D eigenvalue weighted by atomic mass is 16.5. The standard InChI is InChI=1S/C15H15N3O3/c19-14(7-6-12-4-2-1-3-5-12)21-11-10-16-13-8-9-17-15(20)18-13/h1-9H,10-11H2,(H2,16,17,18,20)/b7-6+. The lowest BCUT2D eigenvalue weighted by molar-refractivity contribution is -0.137. The van der Waals surface area contributed by atoms with E-state index in [9.17, 15) is 9.59 Å². The van der Waals surface area contributed by atoms with Crippen LogP contribution >= 0.6 is 0 Å². The Hall–Kier alpha value is -2.89. The summed E-state index contributed by atoms with van der Waals surface area (Å²) in [5.41, 5.74) is 0.504. The fraction of sp³-hybridized carbons (Fsp3) is 0.133. The van der Waals surface area contributed by atoms with E-state index in [1.807, 2.05) is 30.3 Å². The van der Waals surface area contributed by atoms with Gasteiger partial charge in [0.15, 0.2) is 0 Å². The molecular formula is C15H15N3O3. The quantitative estimate of drug-likeness (QED) is 0.476. The van der Waals surface area contributed by atoms with E-state index in [-0.39, 0.29) is 6.61 Å². The third-order valence-electron chi connectivity index (χ3n) is 2.55. The van der Waals surface area contributed by atoms with Crippen molar-refractivity contribution in [2.75, 3.05) is 18.5 Å². The number of aromatic nitrogens is 2. The van der Waals surface area contributed by atoms with Crippen molar-refractivity contribution < 1.29 is 9.53 Å². The normalized spacial score (nSPS) is 10.5. The van der Waals surface area contributed by atoms with Crippen molar-refractivity contribution in [3.63, 3.8) is 0 Å². The Morgan fingerprint density at radius 2 is 2.10 bits per heavy atom. The number of nitrogens with zero attached hydrogens (tertiary/aromatic N) is 1. The van der Waals surface area contributed by atoms with E-state index in [0.29, 0.717) is 12.4 Å². The van der Waals surface area contributed by atoms with Gasteiger partial charge >= 0.3 is 11.7 Å². The van der Waals surface area contributed by atoms with E-state index in [1.165, 1.54) is 12.3 Å². The minimum absolute atomic E-state index is 0.197. The van der Waals surface area contributed by atoms with Crippen molar-refractivity contribution in [1.82, 2.24) is 9.97 Å². The third-order valence-corrected chi connectivity index (χ3v) is 2.55. The van der Waals surface area contributed by atoms with Gasteiger partial charge in [-0.2, -0.15) is 0 Å². The monoisotopic (exact) mass is 285 g/mol. The average molecular weight is 285 g/mol. The highest BCUT2D eigenvalue weighted by molar-refractivity contribution is 5.87. The molecule has 0 unspecified atom stereocenters. The summed E-state index contributed by atoms with van der Waals surface area (Å²) in [6.07, 6.45) is 4.47. The molecular weight excluding hydrogens is 270 g/mol. The van der Waals surface area contributed by atoms with E-state index in [2.05, 4.69) is 15.3 Å². The molecule has 1 heterocycles. The summed E-state index contributed by atoms with van der Waals surface area (Å²) in [6, 6.07) is 11.1. The van der Waals surface area contributed by atoms with Crippen molar-refractivity contribution in [1.29, 1.82) is 0 Å². The molecule has 0 bridgehead atoms. The first kappa shape index (κ1) is 14.5. The van der Waals surface area contributed by atoms with Crippen molar-refractivity contribution >= 4 is 17.9 Å². The number of anilines is 1. The highest BCUT2D eigenvalue weighted by Gasteiger charge is 1.97. The van der Waals surface area contributed by atoms with Gasteiger partial charge in [-0.15, -0.1) is 0 Å². The predicted molar refractivity (Wildman–Crippen MR) is 79.8 cm³/mol. The first-order valence-electron chi connectivity index (χ1n) is 6.43. The van der Waals surface area contributed by atoms with Crippen LogP contribution in [0.4, 0.5) is 5.82 Å². The molecule has 108 valence electrons. The van der Waals surface area contributed by atoms with Crippen LogP contribution in [0, 0.1) is 0 Å². The zero-order valence-electron chi connectivity index (χ0n) is 11.3. The summed E-state index contributed by atoms with van der Waals surface area (Å²) in [7, 11) is 0. The van der Waals surface area contributed by atoms with Crippen LogP contribution in [-0.2, 0) is 9.53 Å². The molecule has 0 saturated heterocycles. The maximum Gasteiger partial charge on any atom is 0.346 e. The van der Waals surface area contributed by atoms with Crippen molar-refractivity contribution in [3.8, 4) is 0 Å². The average Bonchev–Trinajstić information content (AvgIpc) is 2.51. The number of hydrogen-bond acceptors (Lipinski definition) is 5. The van der Waals surface area contributed by atoms with Gasteiger partial charge in [-0.25, -0.2) is 14.6 Å². The Bertz CT molecular complexity index is 665. The maximum absolute atomic E-state index is 11.5. The second-order valence-electron chi connectivity index (χ2n) is 4.13. The minimum atomic E-state index is -0.428. The van der Waals surface area contributed by atoms with Crippen LogP contribution in [0.25, 0.3) is 6.08 Å². The number of hydrogen-bond donors (Lipinski definition) is 2. The van der Waals surface area contributed by atoms with Crippen molar-refractivity contribution in [3.05, 3.63) is 64.7 Å². The molecule has 0 aliphatic heterocycles. The van der Waals surface area contributed by atoms with Gasteiger partial charge in [0.05, 0.1) is 6.54 Å². The van der Waals surface area contributed by atoms with Crippen LogP contribution in [-0.4, -0.2) is 29.1 Å². The Kier molecular flexibility index (Phi) is 5.28. The summed E-state index contributed by atoms with van der Waals surface area (Å²) in [6.45, 7) is 0.590. The molecule has 1 aromatic carbocycles. The summed E-state index contributed by atoms with van der Waals surface area (Å²) < 4.78 is 5.02. The number of ether oxygens (including phenoxy) is 1. The minimum Gasteiger partial charge on any atom is -0.461 e. The molecule has 0 aliphatic carbocycles. The molecule has 21 heavy (non-hydrogen) atoms. The topological polar surface area (TPSA) is 84.1 Å². The summed E-state index contributed by atoms with van der Waals surface area (Å²) in [5, 5.41) is 2.92. The number of carbonyl (C=O) groups is 1. The summed E-state index contributed by atoms with van der Waals surface area (Å²) in [5.74, 6) is 0.120. The van der Waals surface area contributed by atoms with Crippen LogP contribution in [0.2, 0.25) is 0 Å². The van der Waals surface area contributed by atoms with Crippen molar-refractivity contribution in [2.24, 2.45) is 0 Å². The lowest BCUT2D eigenvalue weighted by Gasteiger charge is -2.05. The molecule has 0 radical (unpaired) electrons. The second-order valence-corrected chi connectivity index (χ2v) is 4.13. The van der Waals surface area contributed by atoms with Gasteiger partial charge in [-0.05, 0) is 17.7 Å². The second kappa shape index (κ2) is 7.64. The molecule has 0 atom stereocenters. The van der Waals surface area contributed by atoms with Gasteiger partial charge in [0.25, 0.3) is 0 Å². The SMILES string of the molecule is O=C(/C=C/c1ccccc1)OCCNc1ccnc(=O)[nH]1. The Labute approximate surface area is 121 Å². The Morgan fingerprint density at radius 1 is 1.29 bits per heavy atom. The number of benzene rings is 1. The van der Waals surface area contributed by atoms with E-state index in [1.54, 1.807) is 12.1 Å². The molecule has 2 N–H and O–H groups in total. The molecule has 1 aromatic heterocycles. The molecule has 0 spiro atoms. The van der Waals surface area contributed by atoms with Gasteiger partial charge in [0.1, 0.15) is 12.4 Å². The number of esters is 1. The lowest BCUT2D eigenvalue weighted by Crippen LogP contribution is -2.16. The fourth-order valence-electron chi connectivity index (χ4n) is 1.59. The molecule has 0 amide bonds. The smallest absolute Gasteiger partial charge is 0.346 e. The van der Waals surface area contributed by atoms with E-state index < -0.39 is 11.7 Å². The third kappa shape index (κ3) is 5.32. The van der Waals surface area contributed by atoms with Gasteiger partial charge < -0.3 is 10.1 Å². The van der Waals surface area contributed by atoms with Crippen LogP contribution in [0.3, 0.4) is 0 Å². The molecule has 2 rings (SSSR count). The zero-order chi connectivity index (χ0) is 14.9. The first-order valence-corrected chi connectivity index (χ1v) is 6.43. The van der Waals surface area contributed by atoms with Gasteiger partial charge in [-0.3, -0.25) is 4.98 Å². The van der Waals surface area contributed by atoms with Crippen LogP contribution in [0.1, 0.15) is 5.56 Å². The molecule has 2 aromatic rings. The maximum atomic E-state index is 11.5. The molecule has 0 fully saturated rings. The number of carbonyl (C=O) groups excluding carboxylic acids is 1. The number of aromatic amines is 1. The molecule has 0 aliphatic rings. The van der Waals surface area contributed by atoms with Crippen molar-refractivity contribution in [2.45, 2.75) is 0 Å². The molecule has 6 nitrogen and oxygen atoms in total. The fourth-order valence-corrected chi connectivity index (χ4v) is 1.59. The number of rotatable bonds is 6. The van der Waals surface area contributed by atoms with Gasteiger partial charge in [0.2, 0.25) is 0 Å². The summed E-state index contributed by atoms with van der Waals surface area (Å²) >= 11 is 0. The van der Waals surface area contributed by atoms with Gasteiger partial charge in [0, 0.05) is 12.3 Å². The van der Waals surface area contributed by atoms with Gasteiger partial charge in [-0.1, -0.05) is 30.3 Å². The first-order chi connectivity index (χ1) is 10.2. The van der Waals surface area contributed by atoms with E-state index in [0.717, 1.165) is 5.56 Å². The molecule has 0 saturated carbocycles. The highest BCUT2D eigenvalue weighted by Crippen LogP contribution is 2.01.